The topological polar surface area (TPSA) is 63.4 Å². The summed E-state index contributed by atoms with van der Waals surface area (Å²) in [5, 5.41) is 5.67. The molecule has 0 amide bonds. The highest BCUT2D eigenvalue weighted by Gasteiger charge is 2.16. The molecule has 3 N–H and O–H groups in total. The molecule has 28 heavy (non-hydrogen) atoms. The molecule has 5 heteroatoms. The van der Waals surface area contributed by atoms with Gasteiger partial charge in [0.15, 0.2) is 0 Å². The summed E-state index contributed by atoms with van der Waals surface area (Å²) in [7, 11) is 2.17. The molecule has 0 saturated carbocycles. The van der Waals surface area contributed by atoms with Crippen molar-refractivity contribution in [1.29, 1.82) is 0 Å². The molecule has 5 nitrogen and oxygen atoms in total. The van der Waals surface area contributed by atoms with Crippen molar-refractivity contribution in [2.45, 2.75) is 32.1 Å². The Morgan fingerprint density at radius 3 is 2.57 bits per heavy atom. The Morgan fingerprint density at radius 2 is 1.79 bits per heavy atom. The largest absolute Gasteiger partial charge is 0.384 e. The first kappa shape index (κ1) is 18.7. The predicted molar refractivity (Wildman–Crippen MR) is 115 cm³/mol. The van der Waals surface area contributed by atoms with Crippen molar-refractivity contribution in [2.24, 2.45) is 0 Å². The number of rotatable bonds is 6. The van der Waals surface area contributed by atoms with Crippen molar-refractivity contribution in [2.75, 3.05) is 31.2 Å². The van der Waals surface area contributed by atoms with Gasteiger partial charge in [-0.05, 0) is 54.6 Å². The number of benzene rings is 2. The monoisotopic (exact) mass is 376 g/mol. The highest BCUT2D eigenvalue weighted by Crippen LogP contribution is 2.21. The summed E-state index contributed by atoms with van der Waals surface area (Å²) in [5.74, 6) is 0.544. The summed E-state index contributed by atoms with van der Waals surface area (Å²) in [5.41, 5.74) is 9.34. The lowest BCUT2D eigenvalue weighted by atomic mass is 10.1. The fourth-order valence-corrected chi connectivity index (χ4v) is 3.59. The lowest BCUT2D eigenvalue weighted by Gasteiger charge is -2.28. The molecule has 146 valence electrons. The minimum atomic E-state index is 0.398. The molecule has 0 bridgehead atoms. The van der Waals surface area contributed by atoms with Gasteiger partial charge in [0.1, 0.15) is 5.82 Å². The van der Waals surface area contributed by atoms with Crippen molar-refractivity contribution in [3.8, 4) is 0 Å². The molecule has 1 fully saturated rings. The number of nitrogens with zero attached hydrogens (tertiary/aromatic N) is 2. The van der Waals surface area contributed by atoms with Crippen LogP contribution in [0.5, 0.6) is 0 Å². The Labute approximate surface area is 166 Å². The standard InChI is InChI=1S/C23H28N4O/c1-27-10-8-22(9-11-27)28-16-18-4-2-17(3-5-18)14-25-21-7-6-19-15-26-23(24)13-20(19)12-21/h2-7,12-13,15,22,25H,8-11,14,16H2,1H3,(H2,24,26). The van der Waals surface area contributed by atoms with E-state index in [0.29, 0.717) is 18.5 Å². The number of anilines is 2. The SMILES string of the molecule is CN1CCC(OCc2ccc(CNc3ccc4cnc(N)cc4c3)cc2)CC1. The fourth-order valence-electron chi connectivity index (χ4n) is 3.59. The van der Waals surface area contributed by atoms with Crippen molar-refractivity contribution in [3.63, 3.8) is 0 Å². The molecule has 1 saturated heterocycles. The Kier molecular flexibility index (Phi) is 5.74. The highest BCUT2D eigenvalue weighted by molar-refractivity contribution is 5.86. The van der Waals surface area contributed by atoms with E-state index in [1.165, 1.54) is 11.1 Å². The predicted octanol–water partition coefficient (Wildman–Crippen LogP) is 4.04. The van der Waals surface area contributed by atoms with Gasteiger partial charge in [-0.2, -0.15) is 0 Å². The number of nitrogen functional groups attached to an aromatic ring is 1. The van der Waals surface area contributed by atoms with Crippen LogP contribution >= 0.6 is 0 Å². The maximum atomic E-state index is 6.08. The average Bonchev–Trinajstić information content (AvgIpc) is 2.72. The molecular weight excluding hydrogens is 348 g/mol. The second kappa shape index (κ2) is 8.59. The smallest absolute Gasteiger partial charge is 0.123 e. The Bertz CT molecular complexity index is 918. The molecule has 0 unspecified atom stereocenters. The van der Waals surface area contributed by atoms with Gasteiger partial charge in [0, 0.05) is 36.9 Å². The van der Waals surface area contributed by atoms with Gasteiger partial charge >= 0.3 is 0 Å². The van der Waals surface area contributed by atoms with E-state index in [1.807, 2.05) is 6.07 Å². The third kappa shape index (κ3) is 4.80. The summed E-state index contributed by atoms with van der Waals surface area (Å²) in [6.07, 6.45) is 4.47. The quantitative estimate of drug-likeness (QED) is 0.680. The van der Waals surface area contributed by atoms with Gasteiger partial charge in [0.05, 0.1) is 12.7 Å². The maximum Gasteiger partial charge on any atom is 0.123 e. The van der Waals surface area contributed by atoms with Crippen LogP contribution in [-0.2, 0) is 17.9 Å². The van der Waals surface area contributed by atoms with Crippen LogP contribution in [0.1, 0.15) is 24.0 Å². The summed E-state index contributed by atoms with van der Waals surface area (Å²) >= 11 is 0. The van der Waals surface area contributed by atoms with E-state index < -0.39 is 0 Å². The number of aromatic nitrogens is 1. The van der Waals surface area contributed by atoms with Crippen LogP contribution in [0.25, 0.3) is 10.8 Å². The highest BCUT2D eigenvalue weighted by atomic mass is 16.5. The molecule has 4 rings (SSSR count). The molecule has 3 aromatic rings. The zero-order valence-corrected chi connectivity index (χ0v) is 16.4. The third-order valence-electron chi connectivity index (χ3n) is 5.41. The van der Waals surface area contributed by atoms with Crippen LogP contribution in [-0.4, -0.2) is 36.1 Å². The summed E-state index contributed by atoms with van der Waals surface area (Å²) in [6, 6.07) is 16.8. The first-order valence-electron chi connectivity index (χ1n) is 9.93. The zero-order chi connectivity index (χ0) is 19.3. The second-order valence-electron chi connectivity index (χ2n) is 7.65. The van der Waals surface area contributed by atoms with Crippen molar-refractivity contribution in [3.05, 3.63) is 65.9 Å². The number of likely N-dealkylation sites (tertiary alicyclic amines) is 1. The molecule has 0 radical (unpaired) electrons. The first-order chi connectivity index (χ1) is 13.7. The molecular formula is C23H28N4O. The van der Waals surface area contributed by atoms with Gasteiger partial charge in [0.25, 0.3) is 0 Å². The van der Waals surface area contributed by atoms with Gasteiger partial charge in [-0.25, -0.2) is 4.98 Å². The number of ether oxygens (including phenoxy) is 1. The molecule has 0 spiro atoms. The summed E-state index contributed by atoms with van der Waals surface area (Å²) in [4.78, 5) is 6.50. The fraction of sp³-hybridized carbons (Fsp3) is 0.348. The molecule has 1 aliphatic rings. The first-order valence-corrected chi connectivity index (χ1v) is 9.93. The number of hydrogen-bond donors (Lipinski definition) is 2. The van der Waals surface area contributed by atoms with Crippen LogP contribution in [0.2, 0.25) is 0 Å². The van der Waals surface area contributed by atoms with E-state index in [9.17, 15) is 0 Å². The Morgan fingerprint density at radius 1 is 1.04 bits per heavy atom. The van der Waals surface area contributed by atoms with Gasteiger partial charge in [-0.3, -0.25) is 0 Å². The van der Waals surface area contributed by atoms with Crippen LogP contribution in [0.3, 0.4) is 0 Å². The van der Waals surface area contributed by atoms with Gasteiger partial charge in [-0.15, -0.1) is 0 Å². The van der Waals surface area contributed by atoms with E-state index in [0.717, 1.165) is 48.9 Å². The van der Waals surface area contributed by atoms with Crippen LogP contribution < -0.4 is 11.1 Å². The average molecular weight is 377 g/mol. The van der Waals surface area contributed by atoms with Crippen LogP contribution in [0.4, 0.5) is 11.5 Å². The number of pyridine rings is 1. The molecule has 0 atom stereocenters. The maximum absolute atomic E-state index is 6.08. The third-order valence-corrected chi connectivity index (χ3v) is 5.41. The summed E-state index contributed by atoms with van der Waals surface area (Å²) < 4.78 is 6.08. The molecule has 1 aliphatic heterocycles. The number of fused-ring (bicyclic) bond motifs is 1. The number of hydrogen-bond acceptors (Lipinski definition) is 5. The Hall–Kier alpha value is -2.63. The van der Waals surface area contributed by atoms with Gasteiger partial charge in [0.2, 0.25) is 0 Å². The van der Waals surface area contributed by atoms with Crippen molar-refractivity contribution in [1.82, 2.24) is 9.88 Å². The van der Waals surface area contributed by atoms with Crippen molar-refractivity contribution >= 4 is 22.3 Å². The van der Waals surface area contributed by atoms with E-state index in [4.69, 9.17) is 10.5 Å². The van der Waals surface area contributed by atoms with Gasteiger partial charge in [-0.1, -0.05) is 30.3 Å². The number of piperidine rings is 1. The van der Waals surface area contributed by atoms with E-state index in [-0.39, 0.29) is 0 Å². The molecule has 0 aliphatic carbocycles. The summed E-state index contributed by atoms with van der Waals surface area (Å²) in [6.45, 7) is 3.74. The van der Waals surface area contributed by atoms with E-state index in [1.54, 1.807) is 6.20 Å². The number of nitrogens with one attached hydrogen (secondary N) is 1. The van der Waals surface area contributed by atoms with E-state index >= 15 is 0 Å². The lowest BCUT2D eigenvalue weighted by molar-refractivity contribution is 0.00213. The van der Waals surface area contributed by atoms with E-state index in [2.05, 4.69) is 64.7 Å². The van der Waals surface area contributed by atoms with Crippen LogP contribution in [0, 0.1) is 0 Å². The number of nitrogens with two attached hydrogens (primary N) is 1. The molecule has 2 aromatic carbocycles. The van der Waals surface area contributed by atoms with Gasteiger partial charge < -0.3 is 20.7 Å². The minimum Gasteiger partial charge on any atom is -0.384 e. The zero-order valence-electron chi connectivity index (χ0n) is 16.4. The van der Waals surface area contributed by atoms with Crippen molar-refractivity contribution < 1.29 is 4.74 Å². The normalized spacial score (nSPS) is 15.8. The second-order valence-corrected chi connectivity index (χ2v) is 7.65. The Balaban J connectivity index is 1.29. The lowest BCUT2D eigenvalue weighted by Crippen LogP contribution is -2.34. The van der Waals surface area contributed by atoms with Crippen LogP contribution in [0.15, 0.2) is 54.7 Å². The molecule has 2 heterocycles. The molecule has 1 aromatic heterocycles. The minimum absolute atomic E-state index is 0.398.